The van der Waals surface area contributed by atoms with Crippen LogP contribution in [-0.2, 0) is 36.4 Å². The fourth-order valence-corrected chi connectivity index (χ4v) is 8.15. The molecule has 262 valence electrons. The third kappa shape index (κ3) is 5.87. The van der Waals surface area contributed by atoms with E-state index < -0.39 is 76.0 Å². The number of hydrogen-bond donors (Lipinski definition) is 4. The fraction of sp³-hybridized carbons (Fsp3) is 0.344. The normalized spacial score (nSPS) is 22.2. The van der Waals surface area contributed by atoms with Crippen molar-refractivity contribution in [1.82, 2.24) is 24.7 Å². The minimum Gasteiger partial charge on any atom is -0.506 e. The van der Waals surface area contributed by atoms with E-state index in [4.69, 9.17) is 0 Å². The maximum absolute atomic E-state index is 15.6. The zero-order chi connectivity index (χ0) is 35.7. The van der Waals surface area contributed by atoms with Crippen molar-refractivity contribution < 1.29 is 45.9 Å². The Morgan fingerprint density at radius 2 is 1.84 bits per heavy atom. The molecule has 50 heavy (non-hydrogen) atoms. The van der Waals surface area contributed by atoms with E-state index in [-0.39, 0.29) is 48.3 Å². The van der Waals surface area contributed by atoms with Gasteiger partial charge >= 0.3 is 10.2 Å². The first-order valence-corrected chi connectivity index (χ1v) is 17.0. The van der Waals surface area contributed by atoms with Gasteiger partial charge in [0.1, 0.15) is 18.0 Å². The van der Waals surface area contributed by atoms with E-state index in [2.05, 4.69) is 15.7 Å². The smallest absolute Gasteiger partial charge is 0.326 e. The van der Waals surface area contributed by atoms with Crippen molar-refractivity contribution in [2.45, 2.75) is 37.0 Å². The number of likely N-dealkylation sites (tertiary alicyclic amines) is 1. The second-order valence-electron chi connectivity index (χ2n) is 12.7. The summed E-state index contributed by atoms with van der Waals surface area (Å²) in [5.41, 5.74) is 0.936. The van der Waals surface area contributed by atoms with Crippen LogP contribution in [0.15, 0.2) is 42.5 Å². The van der Waals surface area contributed by atoms with Gasteiger partial charge in [0.15, 0.2) is 5.82 Å². The molecule has 0 aliphatic carbocycles. The Balaban J connectivity index is 1.02. The molecular weight excluding hydrogens is 683 g/mol. The van der Waals surface area contributed by atoms with Crippen LogP contribution in [0.2, 0.25) is 0 Å². The number of aryl methyl sites for hydroxylation is 1. The third-order valence-corrected chi connectivity index (χ3v) is 10.7. The molecule has 2 atom stereocenters. The van der Waals surface area contributed by atoms with E-state index in [1.165, 1.54) is 27.8 Å². The number of phenols is 1. The van der Waals surface area contributed by atoms with Crippen molar-refractivity contribution >= 4 is 66.9 Å². The topological polar surface area (TPSA) is 183 Å². The lowest BCUT2D eigenvalue weighted by Crippen LogP contribution is -2.49. The van der Waals surface area contributed by atoms with Crippen LogP contribution in [0, 0.1) is 5.82 Å². The van der Waals surface area contributed by atoms with E-state index in [0.717, 1.165) is 6.07 Å². The van der Waals surface area contributed by atoms with E-state index in [0.29, 0.717) is 32.9 Å². The molecule has 14 nitrogen and oxygen atoms in total. The number of carbonyl (C=O) groups excluding carboxylic acids is 4. The van der Waals surface area contributed by atoms with Crippen LogP contribution in [0.3, 0.4) is 0 Å². The van der Waals surface area contributed by atoms with Gasteiger partial charge < -0.3 is 10.4 Å². The molecule has 3 saturated heterocycles. The van der Waals surface area contributed by atoms with Crippen molar-refractivity contribution in [3.05, 3.63) is 59.5 Å². The summed E-state index contributed by atoms with van der Waals surface area (Å²) in [4.78, 5) is 49.9. The number of hydrogen-bond acceptors (Lipinski definition) is 9. The fourth-order valence-electron chi connectivity index (χ4n) is 6.99. The van der Waals surface area contributed by atoms with Crippen LogP contribution < -0.4 is 19.7 Å². The number of aromatic hydroxyl groups is 1. The molecule has 0 bridgehead atoms. The van der Waals surface area contributed by atoms with E-state index in [9.17, 15) is 32.7 Å². The molecule has 4 amide bonds. The summed E-state index contributed by atoms with van der Waals surface area (Å²) in [5, 5.41) is 20.5. The summed E-state index contributed by atoms with van der Waals surface area (Å²) in [6, 6.07) is 9.94. The summed E-state index contributed by atoms with van der Waals surface area (Å²) in [7, 11) is -2.73. The number of imide groups is 1. The van der Waals surface area contributed by atoms with E-state index >= 15 is 13.2 Å². The number of rotatable bonds is 6. The first-order chi connectivity index (χ1) is 23.6. The first kappa shape index (κ1) is 33.3. The number of carbonyl (C=O) groups is 4. The molecule has 0 saturated carbocycles. The molecule has 0 radical (unpaired) electrons. The monoisotopic (exact) mass is 713 g/mol. The van der Waals surface area contributed by atoms with Gasteiger partial charge in [0.2, 0.25) is 17.7 Å². The summed E-state index contributed by atoms with van der Waals surface area (Å²) in [5.74, 6) is -9.09. The summed E-state index contributed by atoms with van der Waals surface area (Å²) < 4.78 is 74.7. The van der Waals surface area contributed by atoms with Crippen molar-refractivity contribution in [3.8, 4) is 5.75 Å². The number of phenolic OH excluding ortho intramolecular Hbond substituents is 1. The lowest BCUT2D eigenvalue weighted by atomic mass is 9.85. The Morgan fingerprint density at radius 1 is 1.08 bits per heavy atom. The number of nitrogens with one attached hydrogen (secondary N) is 3. The molecule has 0 spiro atoms. The quantitative estimate of drug-likeness (QED) is 0.218. The molecule has 4 aromatic rings. The van der Waals surface area contributed by atoms with E-state index in [1.807, 2.05) is 0 Å². The third-order valence-electron chi connectivity index (χ3n) is 9.31. The molecule has 3 aliphatic rings. The Morgan fingerprint density at radius 3 is 2.54 bits per heavy atom. The van der Waals surface area contributed by atoms with Gasteiger partial charge in [-0.25, -0.2) is 22.2 Å². The van der Waals surface area contributed by atoms with Gasteiger partial charge in [-0.2, -0.15) is 13.5 Å². The minimum absolute atomic E-state index is 0.0500. The Kier molecular flexibility index (Phi) is 7.97. The number of amides is 4. The average Bonchev–Trinajstić information content (AvgIpc) is 3.49. The van der Waals surface area contributed by atoms with Crippen molar-refractivity contribution in [2.24, 2.45) is 7.05 Å². The highest BCUT2D eigenvalue weighted by Crippen LogP contribution is 2.42. The molecule has 3 aliphatic heterocycles. The number of halogens is 3. The van der Waals surface area contributed by atoms with Crippen molar-refractivity contribution in [1.29, 1.82) is 0 Å². The lowest BCUT2D eigenvalue weighted by molar-refractivity contribution is -0.134. The van der Waals surface area contributed by atoms with Crippen molar-refractivity contribution in [3.63, 3.8) is 0 Å². The molecule has 4 heterocycles. The molecule has 2 unspecified atom stereocenters. The molecule has 7 rings (SSSR count). The number of aromatic nitrogens is 2. The highest BCUT2D eigenvalue weighted by molar-refractivity contribution is 7.92. The highest BCUT2D eigenvalue weighted by Gasteiger charge is 2.46. The first-order valence-electron chi connectivity index (χ1n) is 15.6. The maximum atomic E-state index is 15.6. The summed E-state index contributed by atoms with van der Waals surface area (Å²) in [6.45, 7) is -1.57. The average molecular weight is 714 g/mol. The van der Waals surface area contributed by atoms with Gasteiger partial charge in [0, 0.05) is 29.9 Å². The van der Waals surface area contributed by atoms with Crippen LogP contribution in [-0.4, -0.2) is 83.9 Å². The SMILES string of the molecule is Cn1nc(C2CCC(=O)NC2=O)c2ccc(C3CCN(CC(=O)Nc4ccc5c(F)c(N6CC(=O)NS6(=O)=O)c(O)cc5c4)CC3(F)F)cc21. The van der Waals surface area contributed by atoms with Crippen molar-refractivity contribution in [2.75, 3.05) is 35.8 Å². The lowest BCUT2D eigenvalue weighted by Gasteiger charge is -2.38. The summed E-state index contributed by atoms with van der Waals surface area (Å²) >= 11 is 0. The van der Waals surface area contributed by atoms with Gasteiger partial charge in [-0.05, 0) is 60.7 Å². The molecule has 1 aromatic heterocycles. The Labute approximate surface area is 282 Å². The highest BCUT2D eigenvalue weighted by atomic mass is 32.2. The zero-order valence-electron chi connectivity index (χ0n) is 26.4. The van der Waals surface area contributed by atoms with Crippen LogP contribution in [0.25, 0.3) is 21.7 Å². The van der Waals surface area contributed by atoms with Crippen LogP contribution in [0.4, 0.5) is 24.5 Å². The molecular formula is C32H30F3N7O7S. The van der Waals surface area contributed by atoms with Gasteiger partial charge in [0.25, 0.3) is 11.8 Å². The number of benzene rings is 3. The second-order valence-corrected chi connectivity index (χ2v) is 14.3. The standard InChI is InChI=1S/C32H30F3N7O7S/c1-40-23-11-16(2-4-20(23)29(38-40)21-6-7-25(44)37-31(21)47)22-8-9-41(15-32(22,34)35)13-26(45)36-18-3-5-19-17(10-18)12-24(43)30(28(19)33)42-14-27(46)39-50(42,48)49/h2-5,10-12,21-22,43H,6-9,13-15H2,1H3,(H,36,45)(H,39,46)(H,37,44,47). The van der Waals surface area contributed by atoms with Crippen LogP contribution in [0.5, 0.6) is 5.75 Å². The number of alkyl halides is 2. The second kappa shape index (κ2) is 12.0. The van der Waals surface area contributed by atoms with Gasteiger partial charge in [-0.3, -0.25) is 34.1 Å². The number of fused-ring (bicyclic) bond motifs is 2. The molecule has 18 heteroatoms. The Bertz CT molecular complexity index is 2240. The maximum Gasteiger partial charge on any atom is 0.326 e. The Hall–Kier alpha value is -5.23. The van der Waals surface area contributed by atoms with Gasteiger partial charge in [-0.1, -0.05) is 12.1 Å². The summed E-state index contributed by atoms with van der Waals surface area (Å²) in [6.07, 6.45) is 0.539. The number of piperidine rings is 2. The molecule has 3 fully saturated rings. The van der Waals surface area contributed by atoms with Gasteiger partial charge in [-0.15, -0.1) is 0 Å². The van der Waals surface area contributed by atoms with E-state index in [1.54, 1.807) is 30.0 Å². The van der Waals surface area contributed by atoms with Crippen LogP contribution >= 0.6 is 0 Å². The van der Waals surface area contributed by atoms with Gasteiger partial charge in [0.05, 0.1) is 36.1 Å². The molecule has 4 N–H and O–H groups in total. The zero-order valence-corrected chi connectivity index (χ0v) is 27.2. The predicted molar refractivity (Wildman–Crippen MR) is 173 cm³/mol. The number of anilines is 2. The van der Waals surface area contributed by atoms with Crippen LogP contribution in [0.1, 0.15) is 42.4 Å². The minimum atomic E-state index is -4.39. The number of nitrogens with zero attached hydrogens (tertiary/aromatic N) is 4. The molecule has 3 aromatic carbocycles. The predicted octanol–water partition coefficient (Wildman–Crippen LogP) is 2.34. The largest absolute Gasteiger partial charge is 0.506 e.